The number of carboxylic acids is 1. The Kier molecular flexibility index (Phi) is 4.78. The summed E-state index contributed by atoms with van der Waals surface area (Å²) in [6.45, 7) is 0.381. The average molecular weight is 342 g/mol. The number of aliphatic carboxylic acids is 1. The Hall–Kier alpha value is -3.16. The van der Waals surface area contributed by atoms with Gasteiger partial charge in [0.1, 0.15) is 17.6 Å². The van der Waals surface area contributed by atoms with Crippen LogP contribution < -0.4 is 10.3 Å². The van der Waals surface area contributed by atoms with E-state index in [1.165, 1.54) is 15.5 Å². The molecule has 1 N–H and O–H groups in total. The highest BCUT2D eigenvalue weighted by Gasteiger charge is 2.10. The quantitative estimate of drug-likeness (QED) is 0.658. The molecule has 1 aromatic carbocycles. The van der Waals surface area contributed by atoms with Crippen molar-refractivity contribution in [1.82, 2.24) is 19.4 Å². The lowest BCUT2D eigenvalue weighted by molar-refractivity contribution is -0.137. The molecular formula is C17H18N4O4. The molecule has 130 valence electrons. The lowest BCUT2D eigenvalue weighted by Gasteiger charge is -2.03. The number of benzene rings is 1. The Morgan fingerprint density at radius 2 is 2.00 bits per heavy atom. The van der Waals surface area contributed by atoms with Gasteiger partial charge >= 0.3 is 5.97 Å². The summed E-state index contributed by atoms with van der Waals surface area (Å²) >= 11 is 0. The van der Waals surface area contributed by atoms with Crippen molar-refractivity contribution in [3.05, 3.63) is 47.0 Å². The second-order valence-corrected chi connectivity index (χ2v) is 5.60. The monoisotopic (exact) mass is 342 g/mol. The third-order valence-corrected chi connectivity index (χ3v) is 3.89. The fourth-order valence-electron chi connectivity index (χ4n) is 2.54. The first-order valence-corrected chi connectivity index (χ1v) is 7.90. The molecule has 3 rings (SSSR count). The fourth-order valence-corrected chi connectivity index (χ4v) is 2.54. The van der Waals surface area contributed by atoms with Crippen molar-refractivity contribution in [2.45, 2.75) is 25.8 Å². The molecule has 0 fully saturated rings. The predicted molar refractivity (Wildman–Crippen MR) is 90.7 cm³/mol. The molecule has 8 nitrogen and oxygen atoms in total. The van der Waals surface area contributed by atoms with Crippen LogP contribution in [-0.4, -0.2) is 37.6 Å². The average Bonchev–Trinajstić information content (AvgIpc) is 3.05. The Labute approximate surface area is 143 Å². The van der Waals surface area contributed by atoms with Gasteiger partial charge in [-0.15, -0.1) is 0 Å². The van der Waals surface area contributed by atoms with Crippen molar-refractivity contribution < 1.29 is 14.6 Å². The van der Waals surface area contributed by atoms with Crippen LogP contribution in [0.25, 0.3) is 16.8 Å². The number of aryl methyl sites for hydroxylation is 1. The molecule has 0 spiro atoms. The number of unbranched alkanes of at least 4 members (excludes halogenated alkanes) is 1. The Morgan fingerprint density at radius 3 is 2.68 bits per heavy atom. The van der Waals surface area contributed by atoms with Gasteiger partial charge in [-0.2, -0.15) is 10.2 Å². The van der Waals surface area contributed by atoms with Crippen LogP contribution in [0.5, 0.6) is 5.75 Å². The standard InChI is InChI=1S/C17H18N4O4/c1-25-13-7-5-12(6-8-13)14-10-15-17(24)20(18-11-21(15)19-14)9-3-2-4-16(22)23/h5-8,10-11H,2-4,9H2,1H3,(H,22,23). The van der Waals surface area contributed by atoms with Gasteiger partial charge in [-0.1, -0.05) is 0 Å². The highest BCUT2D eigenvalue weighted by atomic mass is 16.5. The van der Waals surface area contributed by atoms with Gasteiger partial charge in [-0.25, -0.2) is 9.20 Å². The Bertz CT molecular complexity index is 943. The van der Waals surface area contributed by atoms with E-state index in [1.807, 2.05) is 24.3 Å². The summed E-state index contributed by atoms with van der Waals surface area (Å²) in [6, 6.07) is 9.13. The highest BCUT2D eigenvalue weighted by molar-refractivity contribution is 5.66. The van der Waals surface area contributed by atoms with Gasteiger partial charge in [-0.3, -0.25) is 9.59 Å². The topological polar surface area (TPSA) is 98.7 Å². The van der Waals surface area contributed by atoms with Gasteiger partial charge < -0.3 is 9.84 Å². The molecule has 0 bridgehead atoms. The summed E-state index contributed by atoms with van der Waals surface area (Å²) < 4.78 is 7.93. The zero-order chi connectivity index (χ0) is 17.8. The van der Waals surface area contributed by atoms with Crippen LogP contribution in [0.2, 0.25) is 0 Å². The first-order chi connectivity index (χ1) is 12.1. The van der Waals surface area contributed by atoms with E-state index in [9.17, 15) is 9.59 Å². The molecule has 0 aliphatic carbocycles. The maximum atomic E-state index is 12.5. The number of carbonyl (C=O) groups is 1. The van der Waals surface area contributed by atoms with Crippen LogP contribution in [0, 0.1) is 0 Å². The number of rotatable bonds is 7. The number of methoxy groups -OCH3 is 1. The normalized spacial score (nSPS) is 10.9. The molecule has 3 aromatic rings. The van der Waals surface area contributed by atoms with E-state index in [0.717, 1.165) is 11.3 Å². The first-order valence-electron chi connectivity index (χ1n) is 7.90. The van der Waals surface area contributed by atoms with Crippen molar-refractivity contribution in [2.75, 3.05) is 7.11 Å². The molecule has 25 heavy (non-hydrogen) atoms. The summed E-state index contributed by atoms with van der Waals surface area (Å²) in [5.41, 5.74) is 1.73. The Morgan fingerprint density at radius 1 is 1.24 bits per heavy atom. The van der Waals surface area contributed by atoms with Gasteiger partial charge in [0.25, 0.3) is 5.56 Å². The van der Waals surface area contributed by atoms with E-state index >= 15 is 0 Å². The van der Waals surface area contributed by atoms with Crippen molar-refractivity contribution in [3.63, 3.8) is 0 Å². The van der Waals surface area contributed by atoms with Crippen molar-refractivity contribution in [2.24, 2.45) is 0 Å². The summed E-state index contributed by atoms with van der Waals surface area (Å²) in [4.78, 5) is 23.0. The molecule has 0 atom stereocenters. The van der Waals surface area contributed by atoms with Crippen molar-refractivity contribution >= 4 is 11.5 Å². The minimum absolute atomic E-state index is 0.0886. The van der Waals surface area contributed by atoms with Gasteiger partial charge in [0.2, 0.25) is 0 Å². The van der Waals surface area contributed by atoms with Crippen molar-refractivity contribution in [1.29, 1.82) is 0 Å². The predicted octanol–water partition coefficient (Wildman–Crippen LogP) is 1.82. The lowest BCUT2D eigenvalue weighted by atomic mass is 10.1. The molecule has 0 radical (unpaired) electrons. The molecule has 2 heterocycles. The third-order valence-electron chi connectivity index (χ3n) is 3.89. The number of nitrogens with zero attached hydrogens (tertiary/aromatic N) is 4. The largest absolute Gasteiger partial charge is 0.497 e. The van der Waals surface area contributed by atoms with E-state index in [4.69, 9.17) is 9.84 Å². The zero-order valence-electron chi connectivity index (χ0n) is 13.8. The lowest BCUT2D eigenvalue weighted by Crippen LogP contribution is -2.24. The summed E-state index contributed by atoms with van der Waals surface area (Å²) in [7, 11) is 1.60. The van der Waals surface area contributed by atoms with Crippen LogP contribution in [-0.2, 0) is 11.3 Å². The van der Waals surface area contributed by atoms with Crippen LogP contribution in [0.4, 0.5) is 0 Å². The van der Waals surface area contributed by atoms with E-state index < -0.39 is 5.97 Å². The smallest absolute Gasteiger partial charge is 0.303 e. The highest BCUT2D eigenvalue weighted by Crippen LogP contribution is 2.21. The Balaban J connectivity index is 1.83. The zero-order valence-corrected chi connectivity index (χ0v) is 13.8. The summed E-state index contributed by atoms with van der Waals surface area (Å²) in [6.07, 6.45) is 2.66. The SMILES string of the molecule is COc1ccc(-c2cc3c(=O)n(CCCCC(=O)O)ncn3n2)cc1. The van der Waals surface area contributed by atoms with Gasteiger partial charge in [0.15, 0.2) is 0 Å². The van der Waals surface area contributed by atoms with Gasteiger partial charge in [0.05, 0.1) is 12.8 Å². The number of hydrogen-bond acceptors (Lipinski definition) is 5. The first kappa shape index (κ1) is 16.7. The summed E-state index contributed by atoms with van der Waals surface area (Å²) in [5.74, 6) is -0.0893. The molecule has 0 aliphatic rings. The second-order valence-electron chi connectivity index (χ2n) is 5.60. The molecule has 0 saturated carbocycles. The van der Waals surface area contributed by atoms with Crippen LogP contribution >= 0.6 is 0 Å². The van der Waals surface area contributed by atoms with E-state index in [2.05, 4.69) is 10.2 Å². The minimum atomic E-state index is -0.837. The molecule has 2 aromatic heterocycles. The van der Waals surface area contributed by atoms with Crippen LogP contribution in [0.1, 0.15) is 19.3 Å². The number of carboxylic acid groups (broad SMARTS) is 1. The number of ether oxygens (including phenoxy) is 1. The molecule has 8 heteroatoms. The molecule has 0 amide bonds. The fraction of sp³-hybridized carbons (Fsp3) is 0.294. The van der Waals surface area contributed by atoms with Crippen LogP contribution in [0.15, 0.2) is 41.5 Å². The van der Waals surface area contributed by atoms with Crippen LogP contribution in [0.3, 0.4) is 0 Å². The maximum absolute atomic E-state index is 12.5. The number of aromatic nitrogens is 4. The number of hydrogen-bond donors (Lipinski definition) is 1. The molecule has 0 aliphatic heterocycles. The maximum Gasteiger partial charge on any atom is 0.303 e. The van der Waals surface area contributed by atoms with Crippen molar-refractivity contribution in [3.8, 4) is 17.0 Å². The van der Waals surface area contributed by atoms with E-state index in [1.54, 1.807) is 13.2 Å². The van der Waals surface area contributed by atoms with Gasteiger partial charge in [-0.05, 0) is 43.2 Å². The molecular weight excluding hydrogens is 324 g/mol. The van der Waals surface area contributed by atoms with E-state index in [0.29, 0.717) is 30.6 Å². The molecule has 0 unspecified atom stereocenters. The number of fused-ring (bicyclic) bond motifs is 1. The van der Waals surface area contributed by atoms with Gasteiger partial charge in [0, 0.05) is 18.5 Å². The third kappa shape index (κ3) is 3.68. The summed E-state index contributed by atoms with van der Waals surface area (Å²) in [5, 5.41) is 17.1. The minimum Gasteiger partial charge on any atom is -0.497 e. The molecule has 0 saturated heterocycles. The second kappa shape index (κ2) is 7.16. The van der Waals surface area contributed by atoms with E-state index in [-0.39, 0.29) is 12.0 Å².